The molecule has 11 nitrogen and oxygen atoms in total. The fourth-order valence-electron chi connectivity index (χ4n) is 8.78. The lowest BCUT2D eigenvalue weighted by atomic mass is 9.99. The third-order valence-corrected chi connectivity index (χ3v) is 13.3. The zero-order valence-electron chi connectivity index (χ0n) is 43.1. The topological polar surface area (TPSA) is 175 Å². The Kier molecular flexibility index (Phi) is 43.8. The van der Waals surface area contributed by atoms with E-state index in [-0.39, 0.29) is 18.5 Å². The van der Waals surface area contributed by atoms with Gasteiger partial charge in [-0.2, -0.15) is 0 Å². The number of hydrogen-bond donors (Lipinski definition) is 6. The van der Waals surface area contributed by atoms with Gasteiger partial charge in [-0.25, -0.2) is 0 Å². The second kappa shape index (κ2) is 46.5. The number of aliphatic hydroxyl groups excluding tert-OH is 5. The Morgan fingerprint density at radius 3 is 1.43 bits per heavy atom. The van der Waals surface area contributed by atoms with Crippen LogP contribution >= 0.6 is 0 Å². The molecule has 0 aliphatic carbocycles. The Labute approximate surface area is 410 Å². The number of unbranched alkanes of at least 4 members (excludes halogenated alkanes) is 32. The van der Waals surface area contributed by atoms with Crippen LogP contribution in [0.5, 0.6) is 0 Å². The third kappa shape index (κ3) is 36.7. The molecule has 11 heteroatoms. The van der Waals surface area contributed by atoms with Gasteiger partial charge < -0.3 is 45.1 Å². The van der Waals surface area contributed by atoms with Crippen molar-refractivity contribution >= 4 is 11.9 Å². The molecule has 0 aromatic heterocycles. The van der Waals surface area contributed by atoms with Gasteiger partial charge in [0.2, 0.25) is 5.91 Å². The number of esters is 1. The highest BCUT2D eigenvalue weighted by Crippen LogP contribution is 2.23. The van der Waals surface area contributed by atoms with Crippen molar-refractivity contribution in [2.24, 2.45) is 0 Å². The first-order valence-corrected chi connectivity index (χ1v) is 28.1. The number of hydrogen-bond acceptors (Lipinski definition) is 10. The number of ether oxygens (including phenoxy) is 3. The minimum absolute atomic E-state index is 0.0428. The number of aliphatic hydroxyl groups is 5. The molecule has 7 unspecified atom stereocenters. The van der Waals surface area contributed by atoms with Crippen molar-refractivity contribution in [3.05, 3.63) is 24.3 Å². The fourth-order valence-corrected chi connectivity index (χ4v) is 8.78. The summed E-state index contributed by atoms with van der Waals surface area (Å²) in [4.78, 5) is 25.1. The van der Waals surface area contributed by atoms with Crippen molar-refractivity contribution in [3.8, 4) is 0 Å². The average Bonchev–Trinajstić information content (AvgIpc) is 3.32. The molecular formula is C56H105NO10. The van der Waals surface area contributed by atoms with Crippen molar-refractivity contribution in [2.45, 2.75) is 301 Å². The minimum Gasteiger partial charge on any atom is -0.466 e. The Morgan fingerprint density at radius 2 is 0.955 bits per heavy atom. The van der Waals surface area contributed by atoms with Gasteiger partial charge in [0.25, 0.3) is 0 Å². The largest absolute Gasteiger partial charge is 0.466 e. The first-order valence-electron chi connectivity index (χ1n) is 28.1. The number of nitrogens with one attached hydrogen (secondary N) is 1. The van der Waals surface area contributed by atoms with Crippen LogP contribution in [-0.4, -0.2) is 100 Å². The monoisotopic (exact) mass is 952 g/mol. The number of carbonyl (C=O) groups is 2. The maximum Gasteiger partial charge on any atom is 0.305 e. The van der Waals surface area contributed by atoms with E-state index in [0.717, 1.165) is 96.3 Å². The van der Waals surface area contributed by atoms with E-state index in [1.165, 1.54) is 135 Å². The van der Waals surface area contributed by atoms with Crippen molar-refractivity contribution in [2.75, 3.05) is 19.8 Å². The molecular weight excluding hydrogens is 847 g/mol. The summed E-state index contributed by atoms with van der Waals surface area (Å²) in [6.45, 7) is 4.24. The van der Waals surface area contributed by atoms with E-state index in [1.807, 2.05) is 6.08 Å². The van der Waals surface area contributed by atoms with E-state index in [0.29, 0.717) is 19.4 Å². The lowest BCUT2D eigenvalue weighted by molar-refractivity contribution is -0.302. The normalized spacial score (nSPS) is 19.7. The maximum atomic E-state index is 13.0. The van der Waals surface area contributed by atoms with Gasteiger partial charge in [-0.05, 0) is 64.2 Å². The lowest BCUT2D eigenvalue weighted by Gasteiger charge is -2.40. The standard InChI is InChI=1S/C56H105NO10/c1-3-5-7-9-11-13-14-15-16-17-18-19-20-24-28-32-36-40-44-52(61)65-45-41-37-33-29-25-22-21-23-27-31-35-39-43-51(60)57-48(49(59)42-38-34-30-26-12-10-8-6-4-2)47-66-56-55(64)54(63)53(62)50(46-58)67-56/h22,25,38,42,48-50,53-56,58-59,62-64H,3-21,23-24,26-37,39-41,43-47H2,1-2H3,(H,57,60)/b25-22-,42-38+. The van der Waals surface area contributed by atoms with Gasteiger partial charge in [-0.15, -0.1) is 0 Å². The second-order valence-corrected chi connectivity index (χ2v) is 19.6. The van der Waals surface area contributed by atoms with Crippen LogP contribution in [0.2, 0.25) is 0 Å². The first kappa shape index (κ1) is 63.2. The SMILES string of the molecule is CCCCCCCCC/C=C/C(O)C(COC1OC(CO)C(O)C(O)C1O)NC(=O)CCCCCCC/C=C\CCCCCOC(=O)CCCCCCCCCCCCCCCCCCCC. The molecule has 1 aliphatic heterocycles. The summed E-state index contributed by atoms with van der Waals surface area (Å²) in [5.74, 6) is -0.252. The van der Waals surface area contributed by atoms with E-state index in [4.69, 9.17) is 14.2 Å². The van der Waals surface area contributed by atoms with E-state index in [1.54, 1.807) is 6.08 Å². The molecule has 0 aromatic carbocycles. The van der Waals surface area contributed by atoms with E-state index in [9.17, 15) is 35.1 Å². The van der Waals surface area contributed by atoms with Crippen LogP contribution in [0.25, 0.3) is 0 Å². The van der Waals surface area contributed by atoms with Crippen LogP contribution in [-0.2, 0) is 23.8 Å². The molecule has 1 fully saturated rings. The van der Waals surface area contributed by atoms with Crippen LogP contribution in [0.15, 0.2) is 24.3 Å². The van der Waals surface area contributed by atoms with E-state index in [2.05, 4.69) is 31.3 Å². The molecule has 0 saturated carbocycles. The average molecular weight is 952 g/mol. The Balaban J connectivity index is 2.09. The zero-order chi connectivity index (χ0) is 48.8. The fraction of sp³-hybridized carbons (Fsp3) is 0.893. The predicted molar refractivity (Wildman–Crippen MR) is 274 cm³/mol. The van der Waals surface area contributed by atoms with E-state index < -0.39 is 49.5 Å². The molecule has 1 saturated heterocycles. The van der Waals surface area contributed by atoms with E-state index >= 15 is 0 Å². The summed E-state index contributed by atoms with van der Waals surface area (Å²) in [6.07, 6.45) is 44.2. The smallest absolute Gasteiger partial charge is 0.305 e. The summed E-state index contributed by atoms with van der Waals surface area (Å²) >= 11 is 0. The molecule has 7 atom stereocenters. The molecule has 67 heavy (non-hydrogen) atoms. The molecule has 1 amide bonds. The molecule has 0 aromatic rings. The maximum absolute atomic E-state index is 13.0. The van der Waals surface area contributed by atoms with Gasteiger partial charge in [0, 0.05) is 12.8 Å². The summed E-state index contributed by atoms with van der Waals surface area (Å²) in [6, 6.07) is -0.826. The predicted octanol–water partition coefficient (Wildman–Crippen LogP) is 12.2. The molecule has 6 N–H and O–H groups in total. The Bertz CT molecular complexity index is 1170. The van der Waals surface area contributed by atoms with Crippen LogP contribution < -0.4 is 5.32 Å². The highest BCUT2D eigenvalue weighted by atomic mass is 16.7. The molecule has 1 rings (SSSR count). The van der Waals surface area contributed by atoms with Crippen LogP contribution in [0, 0.1) is 0 Å². The number of allylic oxidation sites excluding steroid dienone is 3. The summed E-state index contributed by atoms with van der Waals surface area (Å²) in [5.41, 5.74) is 0. The van der Waals surface area contributed by atoms with Crippen molar-refractivity contribution in [1.82, 2.24) is 5.32 Å². The van der Waals surface area contributed by atoms with Crippen molar-refractivity contribution in [1.29, 1.82) is 0 Å². The molecule has 1 aliphatic rings. The lowest BCUT2D eigenvalue weighted by Crippen LogP contribution is -2.60. The molecule has 0 bridgehead atoms. The molecule has 0 radical (unpaired) electrons. The summed E-state index contributed by atoms with van der Waals surface area (Å²) in [7, 11) is 0. The van der Waals surface area contributed by atoms with Gasteiger partial charge >= 0.3 is 5.97 Å². The minimum atomic E-state index is -1.58. The van der Waals surface area contributed by atoms with Gasteiger partial charge in [0.1, 0.15) is 24.4 Å². The van der Waals surface area contributed by atoms with Gasteiger partial charge in [0.05, 0.1) is 32.0 Å². The third-order valence-electron chi connectivity index (χ3n) is 13.3. The van der Waals surface area contributed by atoms with Crippen molar-refractivity contribution < 1.29 is 49.3 Å². The molecule has 1 heterocycles. The number of rotatable bonds is 48. The quantitative estimate of drug-likeness (QED) is 0.0196. The van der Waals surface area contributed by atoms with Gasteiger partial charge in [0.15, 0.2) is 6.29 Å². The highest BCUT2D eigenvalue weighted by Gasteiger charge is 2.44. The number of amides is 1. The second-order valence-electron chi connectivity index (χ2n) is 19.6. The Morgan fingerprint density at radius 1 is 0.537 bits per heavy atom. The number of carbonyl (C=O) groups excluding carboxylic acids is 2. The van der Waals surface area contributed by atoms with Crippen LogP contribution in [0.3, 0.4) is 0 Å². The van der Waals surface area contributed by atoms with Gasteiger partial charge in [-0.1, -0.05) is 205 Å². The van der Waals surface area contributed by atoms with Crippen LogP contribution in [0.4, 0.5) is 0 Å². The molecule has 394 valence electrons. The van der Waals surface area contributed by atoms with Gasteiger partial charge in [-0.3, -0.25) is 9.59 Å². The van der Waals surface area contributed by atoms with Crippen molar-refractivity contribution in [3.63, 3.8) is 0 Å². The summed E-state index contributed by atoms with van der Waals surface area (Å²) in [5, 5.41) is 54.1. The zero-order valence-corrected chi connectivity index (χ0v) is 43.1. The highest BCUT2D eigenvalue weighted by molar-refractivity contribution is 5.76. The van der Waals surface area contributed by atoms with Crippen LogP contribution in [0.1, 0.15) is 258 Å². The summed E-state index contributed by atoms with van der Waals surface area (Å²) < 4.78 is 16.6. The first-order chi connectivity index (χ1) is 32.7. The molecule has 0 spiro atoms. The Hall–Kier alpha value is -1.86.